The van der Waals surface area contributed by atoms with E-state index in [2.05, 4.69) is 13.2 Å². The smallest absolute Gasteiger partial charge is 0.324 e. The summed E-state index contributed by atoms with van der Waals surface area (Å²) < 4.78 is 11.2. The van der Waals surface area contributed by atoms with Crippen molar-refractivity contribution in [2.24, 2.45) is 17.2 Å². The highest BCUT2D eigenvalue weighted by molar-refractivity contribution is 6.44. The van der Waals surface area contributed by atoms with Crippen LogP contribution in [0.5, 0.6) is 0 Å². The SMILES string of the molecule is C=CCC(N)(C=C)C(N)(N)C[SiH](OCC)OCC. The molecule has 0 aromatic heterocycles. The molecule has 0 saturated heterocycles. The maximum atomic E-state index is 6.20. The van der Waals surface area contributed by atoms with Gasteiger partial charge in [-0.2, -0.15) is 0 Å². The lowest BCUT2D eigenvalue weighted by Crippen LogP contribution is -2.71. The fourth-order valence-electron chi connectivity index (χ4n) is 1.71. The van der Waals surface area contributed by atoms with Gasteiger partial charge in [-0.3, -0.25) is 0 Å². The van der Waals surface area contributed by atoms with Gasteiger partial charge in [-0.05, 0) is 20.3 Å². The summed E-state index contributed by atoms with van der Waals surface area (Å²) in [7, 11) is -1.91. The molecule has 0 heterocycles. The highest BCUT2D eigenvalue weighted by Crippen LogP contribution is 2.24. The van der Waals surface area contributed by atoms with Crippen molar-refractivity contribution in [3.63, 3.8) is 0 Å². The van der Waals surface area contributed by atoms with Crippen molar-refractivity contribution in [1.29, 1.82) is 0 Å². The molecule has 0 aliphatic carbocycles. The molecule has 0 fully saturated rings. The normalized spacial score (nSPS) is 15.4. The number of nitrogens with two attached hydrogens (primary N) is 3. The lowest BCUT2D eigenvalue weighted by molar-refractivity contribution is 0.193. The molecule has 1 atom stereocenters. The predicted molar refractivity (Wildman–Crippen MR) is 78.2 cm³/mol. The molecule has 106 valence electrons. The van der Waals surface area contributed by atoms with E-state index >= 15 is 0 Å². The van der Waals surface area contributed by atoms with E-state index in [4.69, 9.17) is 26.1 Å². The minimum atomic E-state index is -1.91. The van der Waals surface area contributed by atoms with Crippen molar-refractivity contribution in [1.82, 2.24) is 0 Å². The summed E-state index contributed by atoms with van der Waals surface area (Å²) in [4.78, 5) is 0. The van der Waals surface area contributed by atoms with Crippen molar-refractivity contribution in [3.05, 3.63) is 25.3 Å². The lowest BCUT2D eigenvalue weighted by Gasteiger charge is -2.41. The Morgan fingerprint density at radius 1 is 1.11 bits per heavy atom. The Bertz CT molecular complexity index is 268. The third-order valence-electron chi connectivity index (χ3n) is 2.92. The van der Waals surface area contributed by atoms with Gasteiger partial charge in [0.05, 0.1) is 11.2 Å². The first-order valence-electron chi connectivity index (χ1n) is 6.21. The summed E-state index contributed by atoms with van der Waals surface area (Å²) in [5.41, 5.74) is 16.5. The molecular weight excluding hydrogens is 246 g/mol. The Kier molecular flexibility index (Phi) is 7.61. The van der Waals surface area contributed by atoms with Crippen LogP contribution in [0.3, 0.4) is 0 Å². The van der Waals surface area contributed by atoms with E-state index in [1.165, 1.54) is 0 Å². The summed E-state index contributed by atoms with van der Waals surface area (Å²) in [6.07, 6.45) is 3.73. The van der Waals surface area contributed by atoms with Crippen LogP contribution in [0.1, 0.15) is 20.3 Å². The van der Waals surface area contributed by atoms with Gasteiger partial charge in [0, 0.05) is 19.3 Å². The van der Waals surface area contributed by atoms with Gasteiger partial charge >= 0.3 is 9.28 Å². The molecular formula is C12H27N3O2Si. The van der Waals surface area contributed by atoms with Gasteiger partial charge in [0.25, 0.3) is 0 Å². The number of hydrogen-bond acceptors (Lipinski definition) is 5. The molecule has 6 heteroatoms. The molecule has 0 rings (SSSR count). The first-order valence-corrected chi connectivity index (χ1v) is 7.97. The highest BCUT2D eigenvalue weighted by Gasteiger charge is 2.42. The summed E-state index contributed by atoms with van der Waals surface area (Å²) in [5.74, 6) is 0. The molecule has 0 aliphatic rings. The van der Waals surface area contributed by atoms with Crippen molar-refractivity contribution < 1.29 is 8.85 Å². The molecule has 0 aromatic rings. The predicted octanol–water partition coefficient (Wildman–Crippen LogP) is 0.353. The Labute approximate surface area is 112 Å². The Morgan fingerprint density at radius 3 is 1.94 bits per heavy atom. The third kappa shape index (κ3) is 4.64. The van der Waals surface area contributed by atoms with Crippen LogP contribution in [0.2, 0.25) is 6.04 Å². The first-order chi connectivity index (χ1) is 8.36. The van der Waals surface area contributed by atoms with Gasteiger partial charge in [0.15, 0.2) is 0 Å². The van der Waals surface area contributed by atoms with Crippen LogP contribution in [0.25, 0.3) is 0 Å². The maximum Gasteiger partial charge on any atom is 0.324 e. The molecule has 0 aliphatic heterocycles. The molecule has 18 heavy (non-hydrogen) atoms. The minimum absolute atomic E-state index is 0.422. The maximum absolute atomic E-state index is 6.20. The van der Waals surface area contributed by atoms with Crippen LogP contribution in [-0.2, 0) is 8.85 Å². The van der Waals surface area contributed by atoms with Gasteiger partial charge in [-0.25, -0.2) is 0 Å². The zero-order valence-electron chi connectivity index (χ0n) is 11.5. The number of hydrogen-bond donors (Lipinski definition) is 3. The van der Waals surface area contributed by atoms with Gasteiger partial charge in [0.1, 0.15) is 0 Å². The molecule has 6 N–H and O–H groups in total. The Balaban J connectivity index is 4.86. The van der Waals surface area contributed by atoms with Gasteiger partial charge in [0.2, 0.25) is 0 Å². The van der Waals surface area contributed by atoms with Crippen LogP contribution in [-0.4, -0.2) is 33.7 Å². The van der Waals surface area contributed by atoms with Crippen molar-refractivity contribution >= 4 is 9.28 Å². The van der Waals surface area contributed by atoms with Crippen molar-refractivity contribution in [2.45, 2.75) is 37.5 Å². The topological polar surface area (TPSA) is 96.5 Å². The summed E-state index contributed by atoms with van der Waals surface area (Å²) in [6.45, 7) is 12.4. The molecule has 0 amide bonds. The van der Waals surface area contributed by atoms with Crippen LogP contribution in [0.15, 0.2) is 25.3 Å². The first kappa shape index (κ1) is 17.5. The highest BCUT2D eigenvalue weighted by atomic mass is 28.3. The van der Waals surface area contributed by atoms with E-state index in [1.54, 1.807) is 12.2 Å². The average Bonchev–Trinajstić information content (AvgIpc) is 2.29. The fourth-order valence-corrected chi connectivity index (χ4v) is 3.71. The average molecular weight is 273 g/mol. The summed E-state index contributed by atoms with van der Waals surface area (Å²) in [5, 5.41) is 0. The monoisotopic (exact) mass is 273 g/mol. The van der Waals surface area contributed by atoms with E-state index in [1.807, 2.05) is 13.8 Å². The standard InChI is InChI=1S/C12H27N3O2Si/c1-5-9-11(13,6-2)12(14,15)10-18(16-7-3)17-8-4/h5-6,18H,1-2,7-10,13-15H2,3-4H3. The van der Waals surface area contributed by atoms with Crippen molar-refractivity contribution in [3.8, 4) is 0 Å². The van der Waals surface area contributed by atoms with E-state index in [0.717, 1.165) is 0 Å². The molecule has 0 aromatic carbocycles. The zero-order valence-corrected chi connectivity index (χ0v) is 12.7. The van der Waals surface area contributed by atoms with E-state index in [9.17, 15) is 0 Å². The second kappa shape index (κ2) is 7.83. The fraction of sp³-hybridized carbons (Fsp3) is 0.667. The zero-order chi connectivity index (χ0) is 14.2. The van der Waals surface area contributed by atoms with Gasteiger partial charge < -0.3 is 26.1 Å². The molecule has 5 nitrogen and oxygen atoms in total. The Hall–Kier alpha value is -0.503. The van der Waals surface area contributed by atoms with Crippen LogP contribution in [0.4, 0.5) is 0 Å². The molecule has 0 bridgehead atoms. The van der Waals surface area contributed by atoms with E-state index < -0.39 is 20.5 Å². The minimum Gasteiger partial charge on any atom is -0.397 e. The molecule has 0 radical (unpaired) electrons. The largest absolute Gasteiger partial charge is 0.397 e. The van der Waals surface area contributed by atoms with Gasteiger partial charge in [-0.15, -0.1) is 13.2 Å². The number of rotatable bonds is 10. The van der Waals surface area contributed by atoms with Crippen LogP contribution < -0.4 is 17.2 Å². The second-order valence-electron chi connectivity index (χ2n) is 4.32. The van der Waals surface area contributed by atoms with Crippen molar-refractivity contribution in [2.75, 3.05) is 13.2 Å². The molecule has 0 saturated carbocycles. The quantitative estimate of drug-likeness (QED) is 0.303. The van der Waals surface area contributed by atoms with Crippen LogP contribution in [0, 0.1) is 0 Å². The van der Waals surface area contributed by atoms with E-state index in [-0.39, 0.29) is 0 Å². The summed E-state index contributed by atoms with van der Waals surface area (Å²) in [6, 6.07) is 0.422. The second-order valence-corrected chi connectivity index (χ2v) is 6.26. The Morgan fingerprint density at radius 2 is 1.61 bits per heavy atom. The molecule has 1 unspecified atom stereocenters. The lowest BCUT2D eigenvalue weighted by atomic mass is 9.84. The van der Waals surface area contributed by atoms with Gasteiger partial charge in [-0.1, -0.05) is 12.2 Å². The molecule has 0 spiro atoms. The summed E-state index contributed by atoms with van der Waals surface area (Å²) >= 11 is 0. The third-order valence-corrected chi connectivity index (χ3v) is 5.34. The van der Waals surface area contributed by atoms with Crippen LogP contribution >= 0.6 is 0 Å². The van der Waals surface area contributed by atoms with E-state index in [0.29, 0.717) is 25.7 Å².